The van der Waals surface area contributed by atoms with Gasteiger partial charge in [0.15, 0.2) is 0 Å². The predicted molar refractivity (Wildman–Crippen MR) is 91.8 cm³/mol. The number of aromatic nitrogens is 2. The molecule has 2 amide bonds. The highest BCUT2D eigenvalue weighted by molar-refractivity contribution is 5.74. The van der Waals surface area contributed by atoms with Gasteiger partial charge in [-0.05, 0) is 12.8 Å². The minimum atomic E-state index is 0.177. The first-order valence-corrected chi connectivity index (χ1v) is 9.11. The number of morpholine rings is 1. The molecule has 0 aliphatic carbocycles. The smallest absolute Gasteiger partial charge is 0.320 e. The lowest BCUT2D eigenvalue weighted by atomic mass is 10.3. The summed E-state index contributed by atoms with van der Waals surface area (Å²) in [5, 5.41) is 4.41. The van der Waals surface area contributed by atoms with Crippen LogP contribution in [0, 0.1) is 0 Å². The second-order valence-electron chi connectivity index (χ2n) is 6.61. The van der Waals surface area contributed by atoms with Crippen molar-refractivity contribution in [3.8, 4) is 0 Å². The average Bonchev–Trinajstić information content (AvgIpc) is 2.91. The third-order valence-electron chi connectivity index (χ3n) is 4.69. The monoisotopic (exact) mass is 335 g/mol. The fourth-order valence-electron chi connectivity index (χ4n) is 3.37. The first-order chi connectivity index (χ1) is 11.8. The van der Waals surface area contributed by atoms with Crippen molar-refractivity contribution in [3.05, 3.63) is 18.0 Å². The van der Waals surface area contributed by atoms with E-state index >= 15 is 0 Å². The summed E-state index contributed by atoms with van der Waals surface area (Å²) in [5.41, 5.74) is 1.26. The van der Waals surface area contributed by atoms with E-state index in [4.69, 9.17) is 4.74 Å². The fourth-order valence-corrected chi connectivity index (χ4v) is 3.37. The Bertz CT molecular complexity index is 527. The number of nitrogens with zero attached hydrogens (tertiary/aromatic N) is 5. The minimum absolute atomic E-state index is 0.177. The number of carbonyl (C=O) groups is 1. The molecule has 0 atom stereocenters. The van der Waals surface area contributed by atoms with Crippen molar-refractivity contribution in [1.29, 1.82) is 0 Å². The molecule has 134 valence electrons. The molecule has 3 heterocycles. The Morgan fingerprint density at radius 1 is 1.12 bits per heavy atom. The van der Waals surface area contributed by atoms with E-state index in [0.717, 1.165) is 65.2 Å². The van der Waals surface area contributed by atoms with Crippen LogP contribution < -0.4 is 0 Å². The van der Waals surface area contributed by atoms with Crippen LogP contribution in [-0.2, 0) is 17.8 Å². The summed E-state index contributed by atoms with van der Waals surface area (Å²) in [5.74, 6) is 0. The first kappa shape index (κ1) is 17.2. The van der Waals surface area contributed by atoms with E-state index in [1.54, 1.807) is 0 Å². The Morgan fingerprint density at radius 3 is 2.71 bits per heavy atom. The van der Waals surface area contributed by atoms with E-state index in [2.05, 4.69) is 23.1 Å². The molecule has 7 heteroatoms. The van der Waals surface area contributed by atoms with E-state index in [0.29, 0.717) is 13.2 Å². The van der Waals surface area contributed by atoms with Crippen LogP contribution in [0.1, 0.15) is 25.3 Å². The lowest BCUT2D eigenvalue weighted by Gasteiger charge is -2.32. The number of aryl methyl sites for hydroxylation is 1. The third kappa shape index (κ3) is 4.48. The maximum atomic E-state index is 12.6. The molecule has 2 saturated heterocycles. The predicted octanol–water partition coefficient (Wildman–Crippen LogP) is 1.25. The Hall–Kier alpha value is -1.60. The lowest BCUT2D eigenvalue weighted by Crippen LogP contribution is -2.49. The van der Waals surface area contributed by atoms with Gasteiger partial charge in [0.25, 0.3) is 0 Å². The number of hydrogen-bond acceptors (Lipinski definition) is 4. The molecule has 0 radical (unpaired) electrons. The molecule has 0 bridgehead atoms. The van der Waals surface area contributed by atoms with E-state index in [1.807, 2.05) is 20.7 Å². The van der Waals surface area contributed by atoms with Gasteiger partial charge in [-0.3, -0.25) is 9.58 Å². The summed E-state index contributed by atoms with van der Waals surface area (Å²) < 4.78 is 7.35. The Kier molecular flexibility index (Phi) is 6.09. The second-order valence-corrected chi connectivity index (χ2v) is 6.61. The molecule has 0 spiro atoms. The van der Waals surface area contributed by atoms with Crippen LogP contribution in [0.3, 0.4) is 0 Å². The molecular weight excluding hydrogens is 306 g/mol. The molecule has 3 rings (SSSR count). The van der Waals surface area contributed by atoms with Crippen LogP contribution in [-0.4, -0.2) is 83.0 Å². The van der Waals surface area contributed by atoms with Crippen LogP contribution in [0.5, 0.6) is 0 Å². The molecule has 0 aromatic carbocycles. The standard InChI is InChI=1S/C17H29N5O2/c1-2-4-22-15-16(13-18-22)14-19-5-3-6-20(8-7-19)17(23)21-9-11-24-12-10-21/h13,15H,2-12,14H2,1H3. The van der Waals surface area contributed by atoms with Crippen molar-refractivity contribution < 1.29 is 9.53 Å². The highest BCUT2D eigenvalue weighted by Gasteiger charge is 2.25. The van der Waals surface area contributed by atoms with Gasteiger partial charge < -0.3 is 14.5 Å². The van der Waals surface area contributed by atoms with Gasteiger partial charge in [-0.25, -0.2) is 4.79 Å². The summed E-state index contributed by atoms with van der Waals surface area (Å²) in [7, 11) is 0. The maximum absolute atomic E-state index is 12.6. The van der Waals surface area contributed by atoms with Crippen LogP contribution in [0.15, 0.2) is 12.4 Å². The minimum Gasteiger partial charge on any atom is -0.378 e. The van der Waals surface area contributed by atoms with Crippen LogP contribution in [0.4, 0.5) is 4.79 Å². The molecule has 0 saturated carbocycles. The number of carbonyl (C=O) groups excluding carboxylic acids is 1. The Labute approximate surface area is 144 Å². The van der Waals surface area contributed by atoms with E-state index in [1.165, 1.54) is 5.56 Å². The Morgan fingerprint density at radius 2 is 1.92 bits per heavy atom. The first-order valence-electron chi connectivity index (χ1n) is 9.11. The zero-order valence-electron chi connectivity index (χ0n) is 14.7. The number of hydrogen-bond donors (Lipinski definition) is 0. The van der Waals surface area contributed by atoms with Gasteiger partial charge in [-0.15, -0.1) is 0 Å². The largest absolute Gasteiger partial charge is 0.378 e. The van der Waals surface area contributed by atoms with Crippen molar-refractivity contribution in [2.75, 3.05) is 52.5 Å². The molecule has 0 N–H and O–H groups in total. The molecule has 1 aromatic rings. The van der Waals surface area contributed by atoms with Gasteiger partial charge in [-0.2, -0.15) is 5.10 Å². The van der Waals surface area contributed by atoms with Gasteiger partial charge in [0, 0.05) is 64.1 Å². The summed E-state index contributed by atoms with van der Waals surface area (Å²) >= 11 is 0. The zero-order chi connectivity index (χ0) is 16.8. The molecule has 2 fully saturated rings. The SMILES string of the molecule is CCCn1cc(CN2CCCN(C(=O)N3CCOCC3)CC2)cn1. The third-order valence-corrected chi connectivity index (χ3v) is 4.69. The van der Waals surface area contributed by atoms with Crippen molar-refractivity contribution in [2.45, 2.75) is 32.9 Å². The Balaban J connectivity index is 1.49. The highest BCUT2D eigenvalue weighted by Crippen LogP contribution is 2.11. The van der Waals surface area contributed by atoms with Crippen molar-refractivity contribution in [1.82, 2.24) is 24.5 Å². The van der Waals surface area contributed by atoms with E-state index < -0.39 is 0 Å². The molecule has 1 aromatic heterocycles. The number of ether oxygens (including phenoxy) is 1. The molecule has 24 heavy (non-hydrogen) atoms. The van der Waals surface area contributed by atoms with Crippen molar-refractivity contribution in [2.24, 2.45) is 0 Å². The summed E-state index contributed by atoms with van der Waals surface area (Å²) in [4.78, 5) is 19.0. The van der Waals surface area contributed by atoms with Crippen molar-refractivity contribution >= 4 is 6.03 Å². The second kappa shape index (κ2) is 8.48. The van der Waals surface area contributed by atoms with Gasteiger partial charge in [-0.1, -0.05) is 6.92 Å². The maximum Gasteiger partial charge on any atom is 0.320 e. The van der Waals surface area contributed by atoms with Gasteiger partial charge in [0.05, 0.1) is 19.4 Å². The molecule has 0 unspecified atom stereocenters. The number of urea groups is 1. The van der Waals surface area contributed by atoms with Crippen molar-refractivity contribution in [3.63, 3.8) is 0 Å². The van der Waals surface area contributed by atoms with E-state index in [9.17, 15) is 4.79 Å². The van der Waals surface area contributed by atoms with Crippen LogP contribution >= 0.6 is 0 Å². The van der Waals surface area contributed by atoms with Gasteiger partial charge in [0.2, 0.25) is 0 Å². The normalized spacial score (nSPS) is 20.2. The highest BCUT2D eigenvalue weighted by atomic mass is 16.5. The van der Waals surface area contributed by atoms with E-state index in [-0.39, 0.29) is 6.03 Å². The van der Waals surface area contributed by atoms with Gasteiger partial charge >= 0.3 is 6.03 Å². The quantitative estimate of drug-likeness (QED) is 0.831. The molecule has 2 aliphatic heterocycles. The number of rotatable bonds is 4. The topological polar surface area (TPSA) is 53.8 Å². The molecular formula is C17H29N5O2. The van der Waals surface area contributed by atoms with Gasteiger partial charge in [0.1, 0.15) is 0 Å². The summed E-state index contributed by atoms with van der Waals surface area (Å²) in [6, 6.07) is 0.177. The molecule has 2 aliphatic rings. The summed E-state index contributed by atoms with van der Waals surface area (Å²) in [6.07, 6.45) is 6.24. The fraction of sp³-hybridized carbons (Fsp3) is 0.765. The average molecular weight is 335 g/mol. The molecule has 7 nitrogen and oxygen atoms in total. The van der Waals surface area contributed by atoms with Crippen LogP contribution in [0.2, 0.25) is 0 Å². The summed E-state index contributed by atoms with van der Waals surface area (Å²) in [6.45, 7) is 10.4. The number of amides is 2. The lowest BCUT2D eigenvalue weighted by molar-refractivity contribution is 0.0436. The van der Waals surface area contributed by atoms with Crippen LogP contribution in [0.25, 0.3) is 0 Å². The zero-order valence-corrected chi connectivity index (χ0v) is 14.7.